The number of tetrazole rings is 1. The van der Waals surface area contributed by atoms with E-state index in [1.54, 1.807) is 6.07 Å². The van der Waals surface area contributed by atoms with Gasteiger partial charge in [-0.25, -0.2) is 9.37 Å². The minimum absolute atomic E-state index is 0. The van der Waals surface area contributed by atoms with Gasteiger partial charge in [-0.05, 0) is 29.5 Å². The Labute approximate surface area is 180 Å². The quantitative estimate of drug-likeness (QED) is 0.546. The van der Waals surface area contributed by atoms with E-state index in [1.807, 2.05) is 0 Å². The number of carboxylic acid groups (broad SMARTS) is 1. The van der Waals surface area contributed by atoms with Gasteiger partial charge in [0.25, 0.3) is 5.88 Å². The lowest BCUT2D eigenvalue weighted by Gasteiger charge is -2.08. The Kier molecular flexibility index (Phi) is 7.68. The van der Waals surface area contributed by atoms with Gasteiger partial charge in [0.1, 0.15) is 5.75 Å². The first-order chi connectivity index (χ1) is 13.3. The SMILES string of the molecule is Cl.N[C@@H](CC(=O)O)Cn1nnc(-c2ccc(Oc3ncc(Cl)cc3F)c(Cl)c2)n1. The number of nitrogens with two attached hydrogens (primary N) is 1. The van der Waals surface area contributed by atoms with Crippen LogP contribution in [0.5, 0.6) is 11.6 Å². The predicted octanol–water partition coefficient (Wildman–Crippen LogP) is 3.20. The average Bonchev–Trinajstić information content (AvgIpc) is 3.06. The van der Waals surface area contributed by atoms with Crippen molar-refractivity contribution in [1.82, 2.24) is 25.2 Å². The van der Waals surface area contributed by atoms with Gasteiger partial charge in [-0.3, -0.25) is 4.79 Å². The smallest absolute Gasteiger partial charge is 0.304 e. The second-order valence-corrected chi connectivity index (χ2v) is 6.56. The van der Waals surface area contributed by atoms with Crippen LogP contribution in [0.2, 0.25) is 10.0 Å². The molecule has 1 aromatic carbocycles. The first-order valence-electron chi connectivity index (χ1n) is 7.86. The largest absolute Gasteiger partial charge is 0.481 e. The van der Waals surface area contributed by atoms with Crippen molar-refractivity contribution in [2.75, 3.05) is 0 Å². The fourth-order valence-corrected chi connectivity index (χ4v) is 2.60. The summed E-state index contributed by atoms with van der Waals surface area (Å²) < 4.78 is 19.2. The van der Waals surface area contributed by atoms with Gasteiger partial charge in [0.15, 0.2) is 5.82 Å². The zero-order valence-corrected chi connectivity index (χ0v) is 16.8. The molecule has 0 aliphatic carbocycles. The highest BCUT2D eigenvalue weighted by Crippen LogP contribution is 2.33. The Hall–Kier alpha value is -2.53. The molecule has 0 spiro atoms. The van der Waals surface area contributed by atoms with E-state index in [0.717, 1.165) is 6.07 Å². The Balaban J connectivity index is 0.00000300. The zero-order chi connectivity index (χ0) is 20.3. The maximum Gasteiger partial charge on any atom is 0.304 e. The molecule has 0 unspecified atom stereocenters. The van der Waals surface area contributed by atoms with E-state index in [0.29, 0.717) is 5.56 Å². The highest BCUT2D eigenvalue weighted by molar-refractivity contribution is 6.32. The number of rotatable bonds is 7. The minimum atomic E-state index is -1.01. The molecule has 3 N–H and O–H groups in total. The summed E-state index contributed by atoms with van der Waals surface area (Å²) in [6.45, 7) is 0.0930. The van der Waals surface area contributed by atoms with Crippen LogP contribution < -0.4 is 10.5 Å². The lowest BCUT2D eigenvalue weighted by atomic mass is 10.2. The van der Waals surface area contributed by atoms with Crippen molar-refractivity contribution in [3.05, 3.63) is 46.3 Å². The Morgan fingerprint density at radius 3 is 2.76 bits per heavy atom. The molecule has 3 rings (SSSR count). The summed E-state index contributed by atoms with van der Waals surface area (Å²) in [4.78, 5) is 15.6. The van der Waals surface area contributed by atoms with Gasteiger partial charge in [0.05, 0.1) is 23.0 Å². The summed E-state index contributed by atoms with van der Waals surface area (Å²) in [7, 11) is 0. The summed E-state index contributed by atoms with van der Waals surface area (Å²) in [5.74, 6) is -1.57. The van der Waals surface area contributed by atoms with Crippen LogP contribution in [0.4, 0.5) is 4.39 Å². The lowest BCUT2D eigenvalue weighted by Crippen LogP contribution is -2.30. The van der Waals surface area contributed by atoms with Crippen LogP contribution in [-0.4, -0.2) is 42.3 Å². The van der Waals surface area contributed by atoms with Crippen molar-refractivity contribution in [2.24, 2.45) is 5.73 Å². The molecule has 154 valence electrons. The first-order valence-corrected chi connectivity index (χ1v) is 8.61. The molecule has 13 heteroatoms. The number of pyridine rings is 1. The molecule has 0 aliphatic rings. The average molecular weight is 464 g/mol. The number of carboxylic acids is 1. The van der Waals surface area contributed by atoms with Crippen molar-refractivity contribution in [3.63, 3.8) is 0 Å². The van der Waals surface area contributed by atoms with Gasteiger partial charge in [-0.2, -0.15) is 4.80 Å². The van der Waals surface area contributed by atoms with Crippen molar-refractivity contribution in [3.8, 4) is 23.0 Å². The molecule has 3 aromatic rings. The van der Waals surface area contributed by atoms with Crippen LogP contribution in [0.15, 0.2) is 30.5 Å². The van der Waals surface area contributed by atoms with Gasteiger partial charge in [-0.15, -0.1) is 22.6 Å². The van der Waals surface area contributed by atoms with E-state index in [1.165, 1.54) is 23.1 Å². The summed E-state index contributed by atoms with van der Waals surface area (Å²) in [5, 5.41) is 20.9. The Morgan fingerprint density at radius 1 is 1.34 bits per heavy atom. The molecule has 2 aromatic heterocycles. The monoisotopic (exact) mass is 462 g/mol. The number of aromatic nitrogens is 5. The number of halogens is 4. The summed E-state index contributed by atoms with van der Waals surface area (Å²) >= 11 is 11.8. The maximum atomic E-state index is 13.8. The molecule has 0 bridgehead atoms. The minimum Gasteiger partial charge on any atom is -0.481 e. The third-order valence-corrected chi connectivity index (χ3v) is 3.96. The molecule has 2 heterocycles. The maximum absolute atomic E-state index is 13.8. The number of ether oxygens (including phenoxy) is 1. The highest BCUT2D eigenvalue weighted by atomic mass is 35.5. The van der Waals surface area contributed by atoms with Gasteiger partial charge >= 0.3 is 5.97 Å². The van der Waals surface area contributed by atoms with Crippen LogP contribution in [0.25, 0.3) is 11.4 Å². The van der Waals surface area contributed by atoms with Crippen molar-refractivity contribution in [1.29, 1.82) is 0 Å². The van der Waals surface area contributed by atoms with Crippen molar-refractivity contribution < 1.29 is 19.0 Å². The zero-order valence-electron chi connectivity index (χ0n) is 14.5. The summed E-state index contributed by atoms with van der Waals surface area (Å²) in [6.07, 6.45) is 1.03. The van der Waals surface area contributed by atoms with E-state index in [4.69, 9.17) is 38.8 Å². The summed E-state index contributed by atoms with van der Waals surface area (Å²) in [5.41, 5.74) is 6.23. The molecule has 0 saturated heterocycles. The first kappa shape index (κ1) is 22.8. The molecule has 9 nitrogen and oxygen atoms in total. The third kappa shape index (κ3) is 5.97. The van der Waals surface area contributed by atoms with Crippen LogP contribution in [0.3, 0.4) is 0 Å². The Morgan fingerprint density at radius 2 is 2.10 bits per heavy atom. The van der Waals surface area contributed by atoms with E-state index >= 15 is 0 Å². The number of hydrogen-bond donors (Lipinski definition) is 2. The number of benzene rings is 1. The van der Waals surface area contributed by atoms with Gasteiger partial charge < -0.3 is 15.6 Å². The topological polar surface area (TPSA) is 129 Å². The number of nitrogens with zero attached hydrogens (tertiary/aromatic N) is 5. The molecule has 0 saturated carbocycles. The molecule has 1 atom stereocenters. The van der Waals surface area contributed by atoms with Crippen LogP contribution in [0, 0.1) is 5.82 Å². The van der Waals surface area contributed by atoms with Crippen molar-refractivity contribution in [2.45, 2.75) is 19.0 Å². The highest BCUT2D eigenvalue weighted by Gasteiger charge is 2.15. The predicted molar refractivity (Wildman–Crippen MR) is 105 cm³/mol. The second-order valence-electron chi connectivity index (χ2n) is 5.71. The van der Waals surface area contributed by atoms with Crippen LogP contribution in [-0.2, 0) is 11.3 Å². The van der Waals surface area contributed by atoms with E-state index in [-0.39, 0.29) is 52.9 Å². The number of aliphatic carboxylic acids is 1. The molecule has 29 heavy (non-hydrogen) atoms. The summed E-state index contributed by atoms with van der Waals surface area (Å²) in [6, 6.07) is 5.05. The van der Waals surface area contributed by atoms with Gasteiger partial charge in [-0.1, -0.05) is 23.2 Å². The lowest BCUT2D eigenvalue weighted by molar-refractivity contribution is -0.137. The number of hydrogen-bond acceptors (Lipinski definition) is 7. The fourth-order valence-electron chi connectivity index (χ4n) is 2.24. The fraction of sp³-hybridized carbons (Fsp3) is 0.188. The van der Waals surface area contributed by atoms with Crippen molar-refractivity contribution >= 4 is 41.6 Å². The molecule has 0 amide bonds. The molecule has 0 fully saturated rings. The normalized spacial score (nSPS) is 11.6. The molecule has 0 radical (unpaired) electrons. The second kappa shape index (κ2) is 9.79. The molecule has 0 aliphatic heterocycles. The van der Waals surface area contributed by atoms with Crippen LogP contribution in [0.1, 0.15) is 6.42 Å². The molecular weight excluding hydrogens is 450 g/mol. The van der Waals surface area contributed by atoms with Gasteiger partial charge in [0, 0.05) is 17.8 Å². The van der Waals surface area contributed by atoms with E-state index < -0.39 is 17.8 Å². The van der Waals surface area contributed by atoms with Gasteiger partial charge in [0.2, 0.25) is 5.82 Å². The third-order valence-electron chi connectivity index (χ3n) is 3.46. The number of carbonyl (C=O) groups is 1. The Bertz CT molecular complexity index is 1020. The van der Waals surface area contributed by atoms with Crippen LogP contribution >= 0.6 is 35.6 Å². The standard InChI is InChI=1S/C16H13Cl2FN6O3.ClH/c17-9-4-12(19)16(21-6-9)28-13-2-1-8(3-11(13)18)15-22-24-25(23-15)7-10(20)5-14(26)27;/h1-4,6,10H,5,7,20H2,(H,26,27);1H/t10-;/m0./s1. The van der Waals surface area contributed by atoms with E-state index in [9.17, 15) is 9.18 Å². The molecular formula is C16H14Cl3FN6O3. The van der Waals surface area contributed by atoms with E-state index in [2.05, 4.69) is 20.4 Å².